The molecule has 1 aromatic heterocycles. The molecule has 72 valence electrons. The largest absolute Gasteiger partial charge is 0.358 e. The van der Waals surface area contributed by atoms with E-state index >= 15 is 0 Å². The fourth-order valence-corrected chi connectivity index (χ4v) is 1.86. The zero-order chi connectivity index (χ0) is 10.3. The summed E-state index contributed by atoms with van der Waals surface area (Å²) in [6.07, 6.45) is 1.52. The summed E-state index contributed by atoms with van der Waals surface area (Å²) in [4.78, 5) is 14.5. The van der Waals surface area contributed by atoms with Gasteiger partial charge in [0.2, 0.25) is 5.43 Å². The van der Waals surface area contributed by atoms with Crippen molar-refractivity contribution in [3.63, 3.8) is 0 Å². The second-order valence-corrected chi connectivity index (χ2v) is 4.24. The molecule has 1 heterocycles. The van der Waals surface area contributed by atoms with Crippen LogP contribution in [0.1, 0.15) is 5.56 Å². The third kappa shape index (κ3) is 1.33. The van der Waals surface area contributed by atoms with Gasteiger partial charge in [0.1, 0.15) is 5.82 Å². The van der Waals surface area contributed by atoms with E-state index in [0.717, 1.165) is 5.56 Å². The van der Waals surface area contributed by atoms with Gasteiger partial charge in [-0.1, -0.05) is 6.07 Å². The van der Waals surface area contributed by atoms with Crippen LogP contribution in [0, 0.1) is 16.3 Å². The van der Waals surface area contributed by atoms with Crippen molar-refractivity contribution in [2.24, 2.45) is 0 Å². The molecule has 0 amide bonds. The number of rotatable bonds is 0. The van der Waals surface area contributed by atoms with Crippen LogP contribution < -0.4 is 5.43 Å². The van der Waals surface area contributed by atoms with E-state index in [-0.39, 0.29) is 16.8 Å². The Bertz CT molecular complexity index is 562. The topological polar surface area (TPSA) is 32.9 Å². The Morgan fingerprint density at radius 1 is 1.43 bits per heavy atom. The number of fused-ring (bicyclic) bond motifs is 1. The first-order valence-electron chi connectivity index (χ1n) is 4.07. The summed E-state index contributed by atoms with van der Waals surface area (Å²) in [5.74, 6) is -0.390. The fraction of sp³-hybridized carbons (Fsp3) is 0.100. The van der Waals surface area contributed by atoms with Crippen LogP contribution in [-0.4, -0.2) is 4.98 Å². The van der Waals surface area contributed by atoms with Crippen LogP contribution in [0.3, 0.4) is 0 Å². The molecule has 0 aliphatic heterocycles. The van der Waals surface area contributed by atoms with Gasteiger partial charge in [-0.2, -0.15) is 0 Å². The molecule has 0 radical (unpaired) electrons. The molecule has 4 heteroatoms. The first-order valence-corrected chi connectivity index (χ1v) is 5.15. The number of H-pyrrole nitrogens is 1. The van der Waals surface area contributed by atoms with Crippen LogP contribution in [0.15, 0.2) is 23.1 Å². The lowest BCUT2D eigenvalue weighted by Crippen LogP contribution is -2.08. The molecule has 2 aromatic rings. The Kier molecular flexibility index (Phi) is 2.30. The van der Waals surface area contributed by atoms with Gasteiger partial charge in [0.25, 0.3) is 0 Å². The second-order valence-electron chi connectivity index (χ2n) is 3.08. The average Bonchev–Trinajstić information content (AvgIpc) is 2.16. The van der Waals surface area contributed by atoms with Crippen molar-refractivity contribution in [1.29, 1.82) is 0 Å². The predicted molar refractivity (Wildman–Crippen MR) is 62.0 cm³/mol. The number of nitrogens with one attached hydrogen (secondary N) is 1. The molecule has 2 rings (SSSR count). The Morgan fingerprint density at radius 2 is 2.14 bits per heavy atom. The van der Waals surface area contributed by atoms with E-state index in [4.69, 9.17) is 0 Å². The molecule has 0 fully saturated rings. The van der Waals surface area contributed by atoms with Gasteiger partial charge in [-0.3, -0.25) is 4.79 Å². The van der Waals surface area contributed by atoms with Crippen LogP contribution in [0.25, 0.3) is 10.9 Å². The number of aromatic amines is 1. The number of pyridine rings is 1. The van der Waals surface area contributed by atoms with Gasteiger partial charge in [0.05, 0.1) is 14.5 Å². The Hall–Kier alpha value is -0.910. The Labute approximate surface area is 93.3 Å². The van der Waals surface area contributed by atoms with Gasteiger partial charge in [0.15, 0.2) is 0 Å². The highest BCUT2D eigenvalue weighted by Crippen LogP contribution is 2.16. The quantitative estimate of drug-likeness (QED) is 0.746. The summed E-state index contributed by atoms with van der Waals surface area (Å²) in [6, 6.07) is 2.98. The molecular formula is C10H7FINO. The molecule has 0 aliphatic rings. The summed E-state index contributed by atoms with van der Waals surface area (Å²) in [5.41, 5.74) is 0.966. The summed E-state index contributed by atoms with van der Waals surface area (Å²) in [6.45, 7) is 1.80. The van der Waals surface area contributed by atoms with E-state index in [9.17, 15) is 9.18 Å². The monoisotopic (exact) mass is 303 g/mol. The van der Waals surface area contributed by atoms with E-state index in [1.54, 1.807) is 13.0 Å². The summed E-state index contributed by atoms with van der Waals surface area (Å²) in [5, 5.41) is 0.442. The highest BCUT2D eigenvalue weighted by molar-refractivity contribution is 14.1. The maximum absolute atomic E-state index is 13.3. The standard InChI is InChI=1S/C10H7FINO/c1-5-2-3-6(11)9-8(5)10(14)7(12)4-13-9/h2-4H,1H3,(H,13,14). The fourth-order valence-electron chi connectivity index (χ4n) is 1.44. The van der Waals surface area contributed by atoms with E-state index in [1.165, 1.54) is 12.3 Å². The lowest BCUT2D eigenvalue weighted by Gasteiger charge is -2.02. The number of aromatic nitrogens is 1. The van der Waals surface area contributed by atoms with Crippen molar-refractivity contribution >= 4 is 33.5 Å². The van der Waals surface area contributed by atoms with Crippen molar-refractivity contribution in [1.82, 2.24) is 4.98 Å². The molecule has 0 aliphatic carbocycles. The van der Waals surface area contributed by atoms with Gasteiger partial charge >= 0.3 is 0 Å². The van der Waals surface area contributed by atoms with Gasteiger partial charge in [-0.25, -0.2) is 4.39 Å². The van der Waals surface area contributed by atoms with Gasteiger partial charge in [-0.05, 0) is 41.1 Å². The Balaban J connectivity index is 3.09. The highest BCUT2D eigenvalue weighted by atomic mass is 127. The van der Waals surface area contributed by atoms with E-state index in [0.29, 0.717) is 8.96 Å². The van der Waals surface area contributed by atoms with E-state index in [2.05, 4.69) is 4.98 Å². The minimum Gasteiger partial charge on any atom is -0.358 e. The molecule has 1 aromatic carbocycles. The SMILES string of the molecule is Cc1ccc(F)c2[nH]cc(I)c(=O)c12. The van der Waals surface area contributed by atoms with Crippen molar-refractivity contribution in [3.8, 4) is 0 Å². The molecule has 0 saturated carbocycles. The highest BCUT2D eigenvalue weighted by Gasteiger charge is 2.08. The second kappa shape index (κ2) is 3.34. The number of aryl methyl sites for hydroxylation is 1. The molecule has 1 N–H and O–H groups in total. The molecule has 2 nitrogen and oxygen atoms in total. The van der Waals surface area contributed by atoms with E-state index < -0.39 is 0 Å². The minimum atomic E-state index is -0.390. The first-order chi connectivity index (χ1) is 6.61. The smallest absolute Gasteiger partial charge is 0.203 e. The third-order valence-corrected chi connectivity index (χ3v) is 2.95. The first kappa shape index (κ1) is 9.64. The van der Waals surface area contributed by atoms with Crippen molar-refractivity contribution in [3.05, 3.63) is 43.5 Å². The number of hydrogen-bond donors (Lipinski definition) is 1. The molecule has 0 unspecified atom stereocenters. The normalized spacial score (nSPS) is 10.8. The zero-order valence-corrected chi connectivity index (χ0v) is 9.55. The van der Waals surface area contributed by atoms with Gasteiger partial charge < -0.3 is 4.98 Å². The number of hydrogen-bond acceptors (Lipinski definition) is 1. The Morgan fingerprint density at radius 3 is 2.86 bits per heavy atom. The molecule has 0 bridgehead atoms. The lowest BCUT2D eigenvalue weighted by molar-refractivity contribution is 0.636. The number of benzene rings is 1. The summed E-state index contributed by atoms with van der Waals surface area (Å²) >= 11 is 1.93. The molecule has 0 spiro atoms. The molecular weight excluding hydrogens is 296 g/mol. The minimum absolute atomic E-state index is 0.114. The van der Waals surface area contributed by atoms with Crippen LogP contribution >= 0.6 is 22.6 Å². The average molecular weight is 303 g/mol. The van der Waals surface area contributed by atoms with Gasteiger partial charge in [-0.15, -0.1) is 0 Å². The van der Waals surface area contributed by atoms with Crippen LogP contribution in [-0.2, 0) is 0 Å². The molecule has 14 heavy (non-hydrogen) atoms. The van der Waals surface area contributed by atoms with Crippen LogP contribution in [0.2, 0.25) is 0 Å². The lowest BCUT2D eigenvalue weighted by atomic mass is 10.1. The van der Waals surface area contributed by atoms with Crippen LogP contribution in [0.4, 0.5) is 4.39 Å². The number of halogens is 2. The maximum atomic E-state index is 13.3. The van der Waals surface area contributed by atoms with E-state index in [1.807, 2.05) is 22.6 Å². The molecule has 0 saturated heterocycles. The van der Waals surface area contributed by atoms with Crippen molar-refractivity contribution in [2.45, 2.75) is 6.92 Å². The van der Waals surface area contributed by atoms with Crippen LogP contribution in [0.5, 0.6) is 0 Å². The molecule has 0 atom stereocenters. The van der Waals surface area contributed by atoms with Gasteiger partial charge in [0, 0.05) is 6.20 Å². The zero-order valence-electron chi connectivity index (χ0n) is 7.40. The summed E-state index contributed by atoms with van der Waals surface area (Å²) in [7, 11) is 0. The predicted octanol–water partition coefficient (Wildman–Crippen LogP) is 2.58. The third-order valence-electron chi connectivity index (χ3n) is 2.15. The summed E-state index contributed by atoms with van der Waals surface area (Å²) < 4.78 is 13.9. The van der Waals surface area contributed by atoms with Crippen molar-refractivity contribution in [2.75, 3.05) is 0 Å². The van der Waals surface area contributed by atoms with Crippen molar-refractivity contribution < 1.29 is 4.39 Å². The maximum Gasteiger partial charge on any atom is 0.203 e.